The third-order valence-corrected chi connectivity index (χ3v) is 5.00. The van der Waals surface area contributed by atoms with Gasteiger partial charge in [-0.15, -0.1) is 10.2 Å². The van der Waals surface area contributed by atoms with Crippen LogP contribution >= 0.6 is 23.1 Å². The van der Waals surface area contributed by atoms with Gasteiger partial charge in [0.25, 0.3) is 0 Å². The van der Waals surface area contributed by atoms with E-state index in [-0.39, 0.29) is 5.91 Å². The van der Waals surface area contributed by atoms with Crippen LogP contribution in [0.15, 0.2) is 22.5 Å². The number of benzene rings is 1. The predicted octanol–water partition coefficient (Wildman–Crippen LogP) is 4.01. The van der Waals surface area contributed by atoms with Gasteiger partial charge in [-0.2, -0.15) is 0 Å². The third-order valence-electron chi connectivity index (χ3n) is 3.03. The molecule has 0 radical (unpaired) electrons. The quantitative estimate of drug-likeness (QED) is 0.845. The van der Waals surface area contributed by atoms with Crippen molar-refractivity contribution in [2.75, 3.05) is 11.1 Å². The van der Waals surface area contributed by atoms with Crippen LogP contribution in [0, 0.1) is 13.8 Å². The van der Waals surface area contributed by atoms with E-state index in [9.17, 15) is 4.79 Å². The summed E-state index contributed by atoms with van der Waals surface area (Å²) in [6, 6.07) is 6.11. The van der Waals surface area contributed by atoms with Gasteiger partial charge in [0.2, 0.25) is 5.91 Å². The third kappa shape index (κ3) is 4.28. The van der Waals surface area contributed by atoms with Crippen molar-refractivity contribution in [1.29, 1.82) is 0 Å². The molecule has 0 aliphatic carbocycles. The van der Waals surface area contributed by atoms with Crippen molar-refractivity contribution in [2.45, 2.75) is 38.0 Å². The van der Waals surface area contributed by atoms with Gasteiger partial charge >= 0.3 is 0 Å². The van der Waals surface area contributed by atoms with Crippen molar-refractivity contribution in [3.63, 3.8) is 0 Å². The molecule has 0 fully saturated rings. The minimum Gasteiger partial charge on any atom is -0.325 e. The number of carbonyl (C=O) groups is 1. The molecule has 1 aromatic carbocycles. The Hall–Kier alpha value is -1.40. The molecule has 6 heteroatoms. The minimum atomic E-state index is -0.0101. The molecule has 1 N–H and O–H groups in total. The number of amides is 1. The molecule has 0 unspecified atom stereocenters. The highest BCUT2D eigenvalue weighted by atomic mass is 32.2. The first-order valence-corrected chi connectivity index (χ1v) is 8.60. The van der Waals surface area contributed by atoms with E-state index in [2.05, 4.69) is 35.4 Å². The second-order valence-corrected chi connectivity index (χ2v) is 7.52. The number of rotatable bonds is 5. The lowest BCUT2D eigenvalue weighted by atomic mass is 9.98. The topological polar surface area (TPSA) is 54.9 Å². The van der Waals surface area contributed by atoms with Crippen molar-refractivity contribution >= 4 is 34.7 Å². The monoisotopic (exact) mass is 321 g/mol. The van der Waals surface area contributed by atoms with Gasteiger partial charge in [-0.05, 0) is 30.9 Å². The number of hydrogen-bond acceptors (Lipinski definition) is 5. The smallest absolute Gasteiger partial charge is 0.234 e. The van der Waals surface area contributed by atoms with Gasteiger partial charge < -0.3 is 5.32 Å². The molecule has 0 saturated heterocycles. The molecule has 0 saturated carbocycles. The van der Waals surface area contributed by atoms with Gasteiger partial charge in [0.1, 0.15) is 5.01 Å². The maximum Gasteiger partial charge on any atom is 0.234 e. The van der Waals surface area contributed by atoms with Crippen molar-refractivity contribution < 1.29 is 4.79 Å². The largest absolute Gasteiger partial charge is 0.325 e. The van der Waals surface area contributed by atoms with Crippen LogP contribution < -0.4 is 5.32 Å². The number of aromatic nitrogens is 2. The summed E-state index contributed by atoms with van der Waals surface area (Å²) in [4.78, 5) is 12.1. The molecule has 2 rings (SSSR count). The molecule has 21 heavy (non-hydrogen) atoms. The van der Waals surface area contributed by atoms with Crippen LogP contribution in [-0.4, -0.2) is 21.9 Å². The van der Waals surface area contributed by atoms with Crippen molar-refractivity contribution in [1.82, 2.24) is 10.2 Å². The number of para-hydroxylation sites is 1. The fourth-order valence-corrected chi connectivity index (χ4v) is 3.60. The molecule has 1 aromatic heterocycles. The Kier molecular flexibility index (Phi) is 5.36. The number of aryl methyl sites for hydroxylation is 2. The number of hydrogen-bond donors (Lipinski definition) is 1. The van der Waals surface area contributed by atoms with E-state index in [4.69, 9.17) is 0 Å². The molecule has 0 aliphatic rings. The number of nitrogens with zero attached hydrogens (tertiary/aromatic N) is 2. The standard InChI is InChI=1S/C15H19N3OS2/c1-9(2)12-7-5-6-10(3)14(12)16-13(19)8-20-15-18-17-11(4)21-15/h5-7,9H,8H2,1-4H3,(H,16,19). The highest BCUT2D eigenvalue weighted by Gasteiger charge is 2.13. The first kappa shape index (κ1) is 16.0. The molecular formula is C15H19N3OS2. The average molecular weight is 321 g/mol. The SMILES string of the molecule is Cc1nnc(SCC(=O)Nc2c(C)cccc2C(C)C)s1. The van der Waals surface area contributed by atoms with Crippen LogP contribution in [0.5, 0.6) is 0 Å². The highest BCUT2D eigenvalue weighted by molar-refractivity contribution is 8.01. The van der Waals surface area contributed by atoms with Crippen LogP contribution in [0.2, 0.25) is 0 Å². The maximum absolute atomic E-state index is 12.1. The van der Waals surface area contributed by atoms with Gasteiger partial charge in [-0.25, -0.2) is 0 Å². The summed E-state index contributed by atoms with van der Waals surface area (Å²) in [5.41, 5.74) is 3.19. The summed E-state index contributed by atoms with van der Waals surface area (Å²) in [6.45, 7) is 8.18. The first-order chi connectivity index (χ1) is 9.97. The molecule has 0 atom stereocenters. The molecule has 0 bridgehead atoms. The lowest BCUT2D eigenvalue weighted by molar-refractivity contribution is -0.113. The summed E-state index contributed by atoms with van der Waals surface area (Å²) in [5.74, 6) is 0.711. The van der Waals surface area contributed by atoms with Gasteiger partial charge in [0.15, 0.2) is 4.34 Å². The van der Waals surface area contributed by atoms with E-state index in [1.165, 1.54) is 28.7 Å². The Morgan fingerprint density at radius 1 is 1.33 bits per heavy atom. The lowest BCUT2D eigenvalue weighted by Gasteiger charge is -2.16. The van der Waals surface area contributed by atoms with Crippen molar-refractivity contribution in [2.24, 2.45) is 0 Å². The fraction of sp³-hybridized carbons (Fsp3) is 0.400. The summed E-state index contributed by atoms with van der Waals surface area (Å²) >= 11 is 2.93. The lowest BCUT2D eigenvalue weighted by Crippen LogP contribution is -2.16. The zero-order valence-corrected chi connectivity index (χ0v) is 14.3. The zero-order valence-electron chi connectivity index (χ0n) is 12.6. The number of carbonyl (C=O) groups excluding carboxylic acids is 1. The van der Waals surface area contributed by atoms with Crippen molar-refractivity contribution in [3.8, 4) is 0 Å². The molecule has 4 nitrogen and oxygen atoms in total. The second kappa shape index (κ2) is 7.04. The Balaban J connectivity index is 2.02. The predicted molar refractivity (Wildman–Crippen MR) is 89.3 cm³/mol. The van der Waals surface area contributed by atoms with Crippen LogP contribution in [0.1, 0.15) is 35.9 Å². The van der Waals surface area contributed by atoms with Crippen molar-refractivity contribution in [3.05, 3.63) is 34.3 Å². The van der Waals surface area contributed by atoms with E-state index >= 15 is 0 Å². The Bertz CT molecular complexity index is 638. The summed E-state index contributed by atoms with van der Waals surface area (Å²) in [7, 11) is 0. The number of thioether (sulfide) groups is 1. The Labute approximate surface area is 133 Å². The summed E-state index contributed by atoms with van der Waals surface area (Å²) in [6.07, 6.45) is 0. The number of anilines is 1. The Morgan fingerprint density at radius 2 is 2.10 bits per heavy atom. The van der Waals surface area contributed by atoms with Crippen LogP contribution in [0.4, 0.5) is 5.69 Å². The van der Waals surface area contributed by atoms with Crippen LogP contribution in [-0.2, 0) is 4.79 Å². The van der Waals surface area contributed by atoms with Crippen LogP contribution in [0.3, 0.4) is 0 Å². The highest BCUT2D eigenvalue weighted by Crippen LogP contribution is 2.28. The van der Waals surface area contributed by atoms with Gasteiger partial charge in [0.05, 0.1) is 5.75 Å². The van der Waals surface area contributed by atoms with Gasteiger partial charge in [-0.1, -0.05) is 55.1 Å². The summed E-state index contributed by atoms with van der Waals surface area (Å²) < 4.78 is 0.830. The van der Waals surface area contributed by atoms with E-state index in [0.29, 0.717) is 11.7 Å². The zero-order chi connectivity index (χ0) is 15.4. The molecular weight excluding hydrogens is 302 g/mol. The summed E-state index contributed by atoms with van der Waals surface area (Å²) in [5, 5.41) is 11.9. The van der Waals surface area contributed by atoms with E-state index in [1.807, 2.05) is 26.0 Å². The maximum atomic E-state index is 12.1. The normalized spacial score (nSPS) is 10.9. The molecule has 1 heterocycles. The fourth-order valence-electron chi connectivity index (χ4n) is 1.98. The van der Waals surface area contributed by atoms with Gasteiger partial charge in [-0.3, -0.25) is 4.79 Å². The average Bonchev–Trinajstić information content (AvgIpc) is 2.84. The minimum absolute atomic E-state index is 0.0101. The molecule has 0 aliphatic heterocycles. The molecule has 112 valence electrons. The second-order valence-electron chi connectivity index (χ2n) is 5.12. The first-order valence-electron chi connectivity index (χ1n) is 6.79. The van der Waals surface area contributed by atoms with Gasteiger partial charge in [0, 0.05) is 5.69 Å². The molecule has 2 aromatic rings. The Morgan fingerprint density at radius 3 is 2.71 bits per heavy atom. The van der Waals surface area contributed by atoms with E-state index in [1.54, 1.807) is 0 Å². The van der Waals surface area contributed by atoms with E-state index < -0.39 is 0 Å². The molecule has 1 amide bonds. The van der Waals surface area contributed by atoms with Crippen LogP contribution in [0.25, 0.3) is 0 Å². The molecule has 0 spiro atoms. The number of nitrogens with one attached hydrogen (secondary N) is 1. The van der Waals surface area contributed by atoms with E-state index in [0.717, 1.165) is 20.6 Å².